The number of aliphatic imine (C=N–C) groups is 1. The minimum Gasteiger partial charge on any atom is -0.493 e. The molecular weight excluding hydrogens is 372 g/mol. The predicted octanol–water partition coefficient (Wildman–Crippen LogP) is 3.66. The summed E-state index contributed by atoms with van der Waals surface area (Å²) < 4.78 is 17.4. The van der Waals surface area contributed by atoms with Crippen LogP contribution in [-0.4, -0.2) is 36.6 Å². The Hall–Kier alpha value is -3.87. The highest BCUT2D eigenvalue weighted by molar-refractivity contribution is 6.13. The predicted molar refractivity (Wildman–Crippen MR) is 108 cm³/mol. The molecular formula is C22H18N2O5. The molecule has 4 rings (SSSR count). The average Bonchev–Trinajstić information content (AvgIpc) is 3.27. The van der Waals surface area contributed by atoms with Crippen LogP contribution in [0.15, 0.2) is 59.2 Å². The van der Waals surface area contributed by atoms with Gasteiger partial charge >= 0.3 is 5.97 Å². The maximum atomic E-state index is 12.4. The molecule has 0 atom stereocenters. The second-order valence-corrected chi connectivity index (χ2v) is 6.39. The lowest BCUT2D eigenvalue weighted by molar-refractivity contribution is -0.129. The number of nitrogens with zero attached hydrogens (tertiary/aromatic N) is 2. The molecule has 7 nitrogen and oxygen atoms in total. The largest absolute Gasteiger partial charge is 0.493 e. The summed E-state index contributed by atoms with van der Waals surface area (Å²) in [5.41, 5.74) is 2.01. The molecule has 2 aromatic carbocycles. The van der Waals surface area contributed by atoms with Crippen molar-refractivity contribution in [1.29, 1.82) is 0 Å². The summed E-state index contributed by atoms with van der Waals surface area (Å²) >= 11 is 0. The molecule has 0 unspecified atom stereocenters. The van der Waals surface area contributed by atoms with Crippen LogP contribution in [0, 0.1) is 0 Å². The number of esters is 1. The molecule has 7 heteroatoms. The minimum absolute atomic E-state index is 0.111. The van der Waals surface area contributed by atoms with Crippen LogP contribution >= 0.6 is 0 Å². The zero-order valence-electron chi connectivity index (χ0n) is 16.1. The molecule has 1 aliphatic heterocycles. The van der Waals surface area contributed by atoms with E-state index in [1.807, 2.05) is 30.3 Å². The number of cyclic esters (lactones) is 1. The van der Waals surface area contributed by atoms with E-state index in [9.17, 15) is 9.59 Å². The van der Waals surface area contributed by atoms with Crippen molar-refractivity contribution in [3.63, 3.8) is 0 Å². The summed E-state index contributed by atoms with van der Waals surface area (Å²) in [5.74, 6) is 0.470. The number of ether oxygens (including phenoxy) is 3. The van der Waals surface area contributed by atoms with Crippen molar-refractivity contribution < 1.29 is 23.8 Å². The fraction of sp³-hybridized carbons (Fsp3) is 0.136. The van der Waals surface area contributed by atoms with Crippen LogP contribution in [0.1, 0.15) is 23.0 Å². The quantitative estimate of drug-likeness (QED) is 0.502. The fourth-order valence-corrected chi connectivity index (χ4v) is 3.28. The Morgan fingerprint density at radius 3 is 2.55 bits per heavy atom. The number of rotatable bonds is 4. The summed E-state index contributed by atoms with van der Waals surface area (Å²) in [5, 5.41) is 0.894. The number of fused-ring (bicyclic) bond motifs is 1. The summed E-state index contributed by atoms with van der Waals surface area (Å²) in [6.07, 6.45) is 1.55. The average molecular weight is 390 g/mol. The number of carbonyl (C=O) groups excluding carboxylic acids is 2. The van der Waals surface area contributed by atoms with Crippen molar-refractivity contribution in [2.24, 2.45) is 4.99 Å². The molecule has 1 aliphatic rings. The van der Waals surface area contributed by atoms with Crippen molar-refractivity contribution in [2.45, 2.75) is 6.92 Å². The lowest BCUT2D eigenvalue weighted by Gasteiger charge is -2.08. The third kappa shape index (κ3) is 3.27. The fourth-order valence-electron chi connectivity index (χ4n) is 3.28. The van der Waals surface area contributed by atoms with Crippen LogP contribution in [0.3, 0.4) is 0 Å². The molecule has 0 spiro atoms. The summed E-state index contributed by atoms with van der Waals surface area (Å²) in [6, 6.07) is 14.5. The van der Waals surface area contributed by atoms with E-state index in [1.54, 1.807) is 36.0 Å². The van der Waals surface area contributed by atoms with Gasteiger partial charge in [0.25, 0.3) is 0 Å². The number of carbonyl (C=O) groups is 2. The highest BCUT2D eigenvalue weighted by Gasteiger charge is 2.26. The van der Waals surface area contributed by atoms with Gasteiger partial charge in [-0.3, -0.25) is 9.36 Å². The van der Waals surface area contributed by atoms with Gasteiger partial charge in [0.05, 0.1) is 25.4 Å². The first kappa shape index (κ1) is 18.5. The monoisotopic (exact) mass is 390 g/mol. The molecule has 1 aromatic heterocycles. The second-order valence-electron chi connectivity index (χ2n) is 6.39. The first-order valence-corrected chi connectivity index (χ1v) is 8.88. The van der Waals surface area contributed by atoms with Gasteiger partial charge < -0.3 is 14.2 Å². The molecule has 2 heterocycles. The zero-order valence-corrected chi connectivity index (χ0v) is 16.1. The minimum atomic E-state index is -0.588. The Morgan fingerprint density at radius 1 is 1.07 bits per heavy atom. The van der Waals surface area contributed by atoms with Gasteiger partial charge in [-0.05, 0) is 36.4 Å². The Bertz CT molecular complexity index is 1200. The Balaban J connectivity index is 1.77. The van der Waals surface area contributed by atoms with Crippen LogP contribution in [0.4, 0.5) is 0 Å². The van der Waals surface area contributed by atoms with E-state index in [0.29, 0.717) is 22.8 Å². The van der Waals surface area contributed by atoms with E-state index < -0.39 is 5.97 Å². The van der Waals surface area contributed by atoms with Crippen LogP contribution in [-0.2, 0) is 9.53 Å². The van der Waals surface area contributed by atoms with E-state index in [0.717, 1.165) is 10.9 Å². The Labute approximate surface area is 166 Å². The smallest absolute Gasteiger partial charge is 0.363 e. The molecule has 3 aromatic rings. The molecule has 0 bridgehead atoms. The van der Waals surface area contributed by atoms with Gasteiger partial charge in [0.1, 0.15) is 0 Å². The highest BCUT2D eigenvalue weighted by Crippen LogP contribution is 2.30. The third-order valence-corrected chi connectivity index (χ3v) is 4.59. The summed E-state index contributed by atoms with van der Waals surface area (Å²) in [4.78, 5) is 28.9. The van der Waals surface area contributed by atoms with Gasteiger partial charge in [0.15, 0.2) is 17.2 Å². The lowest BCUT2D eigenvalue weighted by atomic mass is 10.2. The first-order valence-electron chi connectivity index (χ1n) is 8.88. The highest BCUT2D eigenvalue weighted by atomic mass is 16.6. The number of methoxy groups -OCH3 is 2. The molecule has 29 heavy (non-hydrogen) atoms. The van der Waals surface area contributed by atoms with E-state index >= 15 is 0 Å². The summed E-state index contributed by atoms with van der Waals surface area (Å²) in [7, 11) is 3.07. The number of hydrogen-bond acceptors (Lipinski definition) is 6. The third-order valence-electron chi connectivity index (χ3n) is 4.59. The van der Waals surface area contributed by atoms with Crippen LogP contribution < -0.4 is 9.47 Å². The molecule has 0 radical (unpaired) electrons. The van der Waals surface area contributed by atoms with Crippen molar-refractivity contribution in [3.05, 3.63) is 65.5 Å². The normalized spacial score (nSPS) is 14.8. The van der Waals surface area contributed by atoms with Gasteiger partial charge in [-0.25, -0.2) is 9.79 Å². The van der Waals surface area contributed by atoms with E-state index in [-0.39, 0.29) is 17.5 Å². The van der Waals surface area contributed by atoms with Crippen LogP contribution in [0.25, 0.3) is 17.0 Å². The van der Waals surface area contributed by atoms with Gasteiger partial charge in [0.2, 0.25) is 11.8 Å². The van der Waals surface area contributed by atoms with Gasteiger partial charge in [-0.1, -0.05) is 18.2 Å². The van der Waals surface area contributed by atoms with E-state index in [2.05, 4.69) is 4.99 Å². The number of para-hydroxylation sites is 1. The van der Waals surface area contributed by atoms with Crippen LogP contribution in [0.5, 0.6) is 11.5 Å². The van der Waals surface area contributed by atoms with Crippen molar-refractivity contribution in [1.82, 2.24) is 4.57 Å². The molecule has 0 N–H and O–H groups in total. The van der Waals surface area contributed by atoms with Crippen molar-refractivity contribution in [3.8, 4) is 11.5 Å². The van der Waals surface area contributed by atoms with E-state index in [4.69, 9.17) is 14.2 Å². The molecule has 0 saturated heterocycles. The SMILES string of the molecule is COc1ccc(C2=N/C(=C\c3cc4ccccc4n3C(C)=O)C(=O)O2)cc1OC. The number of benzene rings is 2. The first-order chi connectivity index (χ1) is 14.0. The second kappa shape index (κ2) is 7.27. The topological polar surface area (TPSA) is 79.1 Å². The van der Waals surface area contributed by atoms with E-state index in [1.165, 1.54) is 14.0 Å². The molecule has 0 fully saturated rings. The molecule has 146 valence electrons. The van der Waals surface area contributed by atoms with Gasteiger partial charge in [0, 0.05) is 17.9 Å². The van der Waals surface area contributed by atoms with Gasteiger partial charge in [-0.2, -0.15) is 0 Å². The number of hydrogen-bond donors (Lipinski definition) is 0. The Morgan fingerprint density at radius 2 is 1.83 bits per heavy atom. The number of aromatic nitrogens is 1. The standard InChI is InChI=1S/C22H18N2O5/c1-13(25)24-16(10-14-6-4-5-7-18(14)24)12-17-22(26)29-21(23-17)15-8-9-19(27-2)20(11-15)28-3/h4-12H,1-3H3/b17-12-. The zero-order chi connectivity index (χ0) is 20.5. The molecule has 0 amide bonds. The lowest BCUT2D eigenvalue weighted by Crippen LogP contribution is -2.08. The van der Waals surface area contributed by atoms with Gasteiger partial charge in [-0.15, -0.1) is 0 Å². The maximum absolute atomic E-state index is 12.4. The van der Waals surface area contributed by atoms with Crippen molar-refractivity contribution in [2.75, 3.05) is 14.2 Å². The summed E-state index contributed by atoms with van der Waals surface area (Å²) in [6.45, 7) is 1.47. The molecule has 0 saturated carbocycles. The maximum Gasteiger partial charge on any atom is 0.363 e. The van der Waals surface area contributed by atoms with Crippen LogP contribution in [0.2, 0.25) is 0 Å². The molecule has 0 aliphatic carbocycles. The Kier molecular flexibility index (Phi) is 4.64. The van der Waals surface area contributed by atoms with Crippen molar-refractivity contribution >= 4 is 34.8 Å².